The highest BCUT2D eigenvalue weighted by molar-refractivity contribution is 7.12. The van der Waals surface area contributed by atoms with E-state index in [1.54, 1.807) is 16.2 Å². The summed E-state index contributed by atoms with van der Waals surface area (Å²) < 4.78 is 0. The van der Waals surface area contributed by atoms with E-state index in [2.05, 4.69) is 16.1 Å². The third kappa shape index (κ3) is 3.64. The van der Waals surface area contributed by atoms with Crippen LogP contribution in [-0.4, -0.2) is 29.3 Å². The first-order valence-corrected chi connectivity index (χ1v) is 9.63. The second-order valence-corrected chi connectivity index (χ2v) is 7.48. The number of hydrogen-bond acceptors (Lipinski definition) is 4. The summed E-state index contributed by atoms with van der Waals surface area (Å²) in [6, 6.07) is 3.35. The summed E-state index contributed by atoms with van der Waals surface area (Å²) in [5, 5.41) is 9.04. The van der Waals surface area contributed by atoms with Gasteiger partial charge in [-0.25, -0.2) is 0 Å². The Morgan fingerprint density at radius 2 is 2.22 bits per heavy atom. The summed E-state index contributed by atoms with van der Waals surface area (Å²) in [7, 11) is 0. The summed E-state index contributed by atoms with van der Waals surface area (Å²) >= 11 is 3.07. The SMILES string of the molecule is Cc1cscc1CNC(=O)C1CCCCN1C(=O)c1cccs1. The number of nitrogens with zero attached hydrogens (tertiary/aromatic N) is 1. The first-order valence-electron chi connectivity index (χ1n) is 7.80. The monoisotopic (exact) mass is 348 g/mol. The van der Waals surface area contributed by atoms with Crippen LogP contribution in [0.3, 0.4) is 0 Å². The number of nitrogens with one attached hydrogen (secondary N) is 1. The van der Waals surface area contributed by atoms with Gasteiger partial charge < -0.3 is 10.2 Å². The van der Waals surface area contributed by atoms with Crippen LogP contribution in [-0.2, 0) is 11.3 Å². The van der Waals surface area contributed by atoms with Gasteiger partial charge in [0, 0.05) is 13.1 Å². The van der Waals surface area contributed by atoms with E-state index in [0.717, 1.165) is 24.8 Å². The smallest absolute Gasteiger partial charge is 0.264 e. The average Bonchev–Trinajstić information content (AvgIpc) is 3.24. The normalized spacial score (nSPS) is 18.0. The predicted octanol–water partition coefficient (Wildman–Crippen LogP) is 3.43. The molecule has 3 heterocycles. The summed E-state index contributed by atoms with van der Waals surface area (Å²) in [4.78, 5) is 27.7. The van der Waals surface area contributed by atoms with E-state index < -0.39 is 0 Å². The molecule has 2 aromatic rings. The minimum Gasteiger partial charge on any atom is -0.350 e. The number of carbonyl (C=O) groups excluding carboxylic acids is 2. The lowest BCUT2D eigenvalue weighted by Gasteiger charge is -2.34. The zero-order chi connectivity index (χ0) is 16.2. The number of piperidine rings is 1. The molecule has 0 radical (unpaired) electrons. The maximum Gasteiger partial charge on any atom is 0.264 e. The van der Waals surface area contributed by atoms with Crippen molar-refractivity contribution in [1.29, 1.82) is 0 Å². The Labute approximate surface area is 144 Å². The molecule has 0 aromatic carbocycles. The molecule has 1 saturated heterocycles. The van der Waals surface area contributed by atoms with Gasteiger partial charge in [0.15, 0.2) is 0 Å². The number of carbonyl (C=O) groups is 2. The highest BCUT2D eigenvalue weighted by Crippen LogP contribution is 2.22. The molecule has 3 rings (SSSR count). The lowest BCUT2D eigenvalue weighted by Crippen LogP contribution is -2.51. The lowest BCUT2D eigenvalue weighted by atomic mass is 10.0. The van der Waals surface area contributed by atoms with Crippen LogP contribution in [0.15, 0.2) is 28.3 Å². The summed E-state index contributed by atoms with van der Waals surface area (Å²) in [6.07, 6.45) is 2.69. The number of amides is 2. The maximum atomic E-state index is 12.6. The molecule has 4 nitrogen and oxygen atoms in total. The summed E-state index contributed by atoms with van der Waals surface area (Å²) in [6.45, 7) is 3.24. The maximum absolute atomic E-state index is 12.6. The molecule has 1 N–H and O–H groups in total. The first kappa shape index (κ1) is 16.2. The van der Waals surface area contributed by atoms with Gasteiger partial charge in [0.2, 0.25) is 5.91 Å². The molecule has 2 amide bonds. The molecule has 1 unspecified atom stereocenters. The second-order valence-electron chi connectivity index (χ2n) is 5.79. The van der Waals surface area contributed by atoms with Crippen molar-refractivity contribution in [2.75, 3.05) is 6.54 Å². The van der Waals surface area contributed by atoms with Gasteiger partial charge in [0.1, 0.15) is 6.04 Å². The van der Waals surface area contributed by atoms with E-state index in [-0.39, 0.29) is 17.9 Å². The highest BCUT2D eigenvalue weighted by Gasteiger charge is 2.32. The second kappa shape index (κ2) is 7.27. The Balaban J connectivity index is 1.67. The van der Waals surface area contributed by atoms with Crippen molar-refractivity contribution in [1.82, 2.24) is 10.2 Å². The molecule has 122 valence electrons. The summed E-state index contributed by atoms with van der Waals surface area (Å²) in [5.41, 5.74) is 2.35. The Hall–Kier alpha value is -1.66. The van der Waals surface area contributed by atoms with Crippen molar-refractivity contribution in [2.24, 2.45) is 0 Å². The standard InChI is InChI=1S/C17H20N2O2S2/c1-12-10-22-11-13(12)9-18-16(20)14-5-2-3-7-19(14)17(21)15-6-4-8-23-15/h4,6,8,10-11,14H,2-3,5,7,9H2,1H3,(H,18,20). The molecule has 23 heavy (non-hydrogen) atoms. The molecule has 1 aliphatic heterocycles. The van der Waals surface area contributed by atoms with Gasteiger partial charge in [0.05, 0.1) is 4.88 Å². The van der Waals surface area contributed by atoms with Crippen molar-refractivity contribution in [3.05, 3.63) is 44.3 Å². The van der Waals surface area contributed by atoms with Gasteiger partial charge in [0.25, 0.3) is 5.91 Å². The topological polar surface area (TPSA) is 49.4 Å². The van der Waals surface area contributed by atoms with Crippen LogP contribution in [0, 0.1) is 6.92 Å². The lowest BCUT2D eigenvalue weighted by molar-refractivity contribution is -0.126. The van der Waals surface area contributed by atoms with Gasteiger partial charge in [-0.2, -0.15) is 11.3 Å². The van der Waals surface area contributed by atoms with Gasteiger partial charge in [-0.1, -0.05) is 6.07 Å². The molecule has 0 bridgehead atoms. The van der Waals surface area contributed by atoms with E-state index >= 15 is 0 Å². The third-order valence-electron chi connectivity index (χ3n) is 4.21. The van der Waals surface area contributed by atoms with Gasteiger partial charge in [-0.3, -0.25) is 9.59 Å². The van der Waals surface area contributed by atoms with Crippen molar-refractivity contribution < 1.29 is 9.59 Å². The summed E-state index contributed by atoms with van der Waals surface area (Å²) in [5.74, 6) is -0.0632. The van der Waals surface area contributed by atoms with E-state index in [4.69, 9.17) is 0 Å². The van der Waals surface area contributed by atoms with E-state index in [0.29, 0.717) is 18.0 Å². The van der Waals surface area contributed by atoms with Crippen LogP contribution in [0.2, 0.25) is 0 Å². The first-order chi connectivity index (χ1) is 11.2. The fourth-order valence-electron chi connectivity index (χ4n) is 2.86. The highest BCUT2D eigenvalue weighted by atomic mass is 32.1. The van der Waals surface area contributed by atoms with Crippen LogP contribution in [0.4, 0.5) is 0 Å². The van der Waals surface area contributed by atoms with Gasteiger partial charge >= 0.3 is 0 Å². The number of hydrogen-bond donors (Lipinski definition) is 1. The predicted molar refractivity (Wildman–Crippen MR) is 93.9 cm³/mol. The minimum atomic E-state index is -0.350. The quantitative estimate of drug-likeness (QED) is 0.920. The molecule has 1 atom stereocenters. The van der Waals surface area contributed by atoms with Crippen LogP contribution < -0.4 is 5.32 Å². The number of thiophene rings is 2. The molecular formula is C17H20N2O2S2. The van der Waals surface area contributed by atoms with Crippen LogP contribution in [0.5, 0.6) is 0 Å². The fraction of sp³-hybridized carbons (Fsp3) is 0.412. The van der Waals surface area contributed by atoms with Gasteiger partial charge in [-0.15, -0.1) is 11.3 Å². The van der Waals surface area contributed by atoms with E-state index in [1.165, 1.54) is 16.9 Å². The molecule has 0 aliphatic carbocycles. The van der Waals surface area contributed by atoms with Crippen molar-refractivity contribution in [3.63, 3.8) is 0 Å². The van der Waals surface area contributed by atoms with Crippen molar-refractivity contribution in [2.45, 2.75) is 38.8 Å². The molecule has 6 heteroatoms. The van der Waals surface area contributed by atoms with E-state index in [1.807, 2.05) is 24.4 Å². The molecular weight excluding hydrogens is 328 g/mol. The molecule has 2 aromatic heterocycles. The number of rotatable bonds is 4. The van der Waals surface area contributed by atoms with Crippen LogP contribution in [0.1, 0.15) is 40.1 Å². The largest absolute Gasteiger partial charge is 0.350 e. The Bertz CT molecular complexity index is 679. The Kier molecular flexibility index (Phi) is 5.13. The zero-order valence-electron chi connectivity index (χ0n) is 13.1. The zero-order valence-corrected chi connectivity index (χ0v) is 14.7. The molecule has 1 fully saturated rings. The van der Waals surface area contributed by atoms with Crippen molar-refractivity contribution in [3.8, 4) is 0 Å². The third-order valence-corrected chi connectivity index (χ3v) is 5.98. The van der Waals surface area contributed by atoms with Crippen LogP contribution in [0.25, 0.3) is 0 Å². The fourth-order valence-corrected chi connectivity index (χ4v) is 4.39. The number of aryl methyl sites for hydroxylation is 1. The van der Waals surface area contributed by atoms with Crippen LogP contribution >= 0.6 is 22.7 Å². The minimum absolute atomic E-state index is 0.0217. The van der Waals surface area contributed by atoms with Crippen molar-refractivity contribution >= 4 is 34.5 Å². The molecule has 1 aliphatic rings. The number of likely N-dealkylation sites (tertiary alicyclic amines) is 1. The Morgan fingerprint density at radius 3 is 2.91 bits per heavy atom. The van der Waals surface area contributed by atoms with E-state index in [9.17, 15) is 9.59 Å². The molecule has 0 spiro atoms. The van der Waals surface area contributed by atoms with Gasteiger partial charge in [-0.05, 0) is 59.5 Å². The molecule has 0 saturated carbocycles. The Morgan fingerprint density at radius 1 is 1.35 bits per heavy atom. The average molecular weight is 348 g/mol.